The number of nitrogens with one attached hydrogen (secondary N) is 2. The van der Waals surface area contributed by atoms with Crippen LogP contribution in [0.4, 0.5) is 5.95 Å². The third-order valence-corrected chi connectivity index (χ3v) is 3.23. The first kappa shape index (κ1) is 14.5. The number of hydrogen-bond donors (Lipinski definition) is 2. The molecule has 1 unspecified atom stereocenters. The Hall–Kier alpha value is -1.88. The molecule has 2 N–H and O–H groups in total. The number of methoxy groups -OCH3 is 1. The molecule has 0 aliphatic carbocycles. The van der Waals surface area contributed by atoms with E-state index in [9.17, 15) is 4.79 Å². The number of aromatic nitrogens is 2. The number of H-pyrrole nitrogens is 1. The minimum atomic E-state index is -0.121. The number of benzene rings is 1. The Balaban J connectivity index is 2.21. The van der Waals surface area contributed by atoms with Gasteiger partial charge in [-0.3, -0.25) is 9.78 Å². The van der Waals surface area contributed by atoms with E-state index in [2.05, 4.69) is 22.2 Å². The highest BCUT2D eigenvalue weighted by Gasteiger charge is 2.10. The highest BCUT2D eigenvalue weighted by Crippen LogP contribution is 2.11. The predicted molar refractivity (Wildman–Crippen MR) is 81.2 cm³/mol. The fraction of sp³-hybridized carbons (Fsp3) is 0.467. The van der Waals surface area contributed by atoms with Crippen molar-refractivity contribution in [2.75, 3.05) is 19.0 Å². The molecule has 0 bridgehead atoms. The maximum Gasteiger partial charge on any atom is 0.260 e. The van der Waals surface area contributed by atoms with Crippen LogP contribution in [0.5, 0.6) is 0 Å². The summed E-state index contributed by atoms with van der Waals surface area (Å²) in [5.41, 5.74) is 0.579. The van der Waals surface area contributed by atoms with Crippen molar-refractivity contribution >= 4 is 16.9 Å². The van der Waals surface area contributed by atoms with Crippen LogP contribution in [0.25, 0.3) is 10.9 Å². The van der Waals surface area contributed by atoms with E-state index >= 15 is 0 Å². The molecule has 2 aromatic rings. The number of hydrogen-bond acceptors (Lipinski definition) is 4. The number of anilines is 1. The molecule has 1 aromatic heterocycles. The second-order valence-corrected chi connectivity index (χ2v) is 4.87. The standard InChI is InChI=1S/C15H21N3O2/c1-3-4-7-11(10-20-2)16-15-17-13-9-6-5-8-12(13)14(19)18-15/h5-6,8-9,11H,3-4,7,10H2,1-2H3,(H2,16,17,18,19). The molecule has 0 aliphatic heterocycles. The van der Waals surface area contributed by atoms with E-state index in [1.54, 1.807) is 13.2 Å². The summed E-state index contributed by atoms with van der Waals surface area (Å²) in [6, 6.07) is 7.48. The minimum Gasteiger partial charge on any atom is -0.383 e. The fourth-order valence-electron chi connectivity index (χ4n) is 2.20. The Morgan fingerprint density at radius 2 is 2.20 bits per heavy atom. The first-order valence-corrected chi connectivity index (χ1v) is 6.99. The second kappa shape index (κ2) is 7.05. The monoisotopic (exact) mass is 275 g/mol. The van der Waals surface area contributed by atoms with E-state index in [1.807, 2.05) is 18.2 Å². The number of para-hydroxylation sites is 1. The van der Waals surface area contributed by atoms with Crippen LogP contribution in [0.1, 0.15) is 26.2 Å². The lowest BCUT2D eigenvalue weighted by Crippen LogP contribution is -2.27. The van der Waals surface area contributed by atoms with Gasteiger partial charge in [0.15, 0.2) is 0 Å². The van der Waals surface area contributed by atoms with Crippen LogP contribution in [0.15, 0.2) is 29.1 Å². The minimum absolute atomic E-state index is 0.121. The second-order valence-electron chi connectivity index (χ2n) is 4.87. The SMILES string of the molecule is CCCCC(COC)Nc1nc2ccccc2c(=O)[nH]1. The normalized spacial score (nSPS) is 12.5. The van der Waals surface area contributed by atoms with Gasteiger partial charge in [0.25, 0.3) is 5.56 Å². The van der Waals surface area contributed by atoms with Gasteiger partial charge in [-0.1, -0.05) is 31.9 Å². The van der Waals surface area contributed by atoms with Gasteiger partial charge >= 0.3 is 0 Å². The number of ether oxygens (including phenoxy) is 1. The van der Waals surface area contributed by atoms with Crippen LogP contribution in [0.3, 0.4) is 0 Å². The summed E-state index contributed by atoms with van der Waals surface area (Å²) in [5, 5.41) is 3.86. The van der Waals surface area contributed by atoms with Gasteiger partial charge in [0.05, 0.1) is 23.6 Å². The Kier molecular flexibility index (Phi) is 5.12. The number of unbranched alkanes of at least 4 members (excludes halogenated alkanes) is 1. The molecule has 1 aromatic carbocycles. The average molecular weight is 275 g/mol. The van der Waals surface area contributed by atoms with Crippen molar-refractivity contribution in [1.29, 1.82) is 0 Å². The van der Waals surface area contributed by atoms with Gasteiger partial charge < -0.3 is 10.1 Å². The molecule has 1 atom stereocenters. The zero-order valence-electron chi connectivity index (χ0n) is 12.0. The van der Waals surface area contributed by atoms with E-state index in [-0.39, 0.29) is 11.6 Å². The van der Waals surface area contributed by atoms with Gasteiger partial charge in [-0.05, 0) is 18.6 Å². The zero-order valence-corrected chi connectivity index (χ0v) is 12.0. The molecular formula is C15H21N3O2. The number of nitrogens with zero attached hydrogens (tertiary/aromatic N) is 1. The van der Waals surface area contributed by atoms with Crippen molar-refractivity contribution in [3.05, 3.63) is 34.6 Å². The molecule has 0 fully saturated rings. The molecule has 108 valence electrons. The molecule has 0 amide bonds. The summed E-state index contributed by atoms with van der Waals surface area (Å²) in [6.45, 7) is 2.75. The van der Waals surface area contributed by atoms with Crippen LogP contribution in [-0.4, -0.2) is 29.7 Å². The Morgan fingerprint density at radius 3 is 2.95 bits per heavy atom. The molecule has 0 spiro atoms. The van der Waals surface area contributed by atoms with Gasteiger partial charge in [0.1, 0.15) is 0 Å². The van der Waals surface area contributed by atoms with Gasteiger partial charge in [0.2, 0.25) is 5.95 Å². The smallest absolute Gasteiger partial charge is 0.260 e. The third kappa shape index (κ3) is 3.57. The van der Waals surface area contributed by atoms with Crippen molar-refractivity contribution in [2.45, 2.75) is 32.2 Å². The van der Waals surface area contributed by atoms with E-state index in [4.69, 9.17) is 4.74 Å². The molecule has 20 heavy (non-hydrogen) atoms. The lowest BCUT2D eigenvalue weighted by molar-refractivity contribution is 0.181. The molecular weight excluding hydrogens is 254 g/mol. The highest BCUT2D eigenvalue weighted by atomic mass is 16.5. The van der Waals surface area contributed by atoms with Crippen molar-refractivity contribution in [2.24, 2.45) is 0 Å². The van der Waals surface area contributed by atoms with Gasteiger partial charge in [-0.2, -0.15) is 0 Å². The number of fused-ring (bicyclic) bond motifs is 1. The van der Waals surface area contributed by atoms with Crippen LogP contribution >= 0.6 is 0 Å². The largest absolute Gasteiger partial charge is 0.383 e. The lowest BCUT2D eigenvalue weighted by atomic mass is 10.1. The van der Waals surface area contributed by atoms with Crippen LogP contribution in [0.2, 0.25) is 0 Å². The zero-order chi connectivity index (χ0) is 14.4. The molecule has 5 heteroatoms. The summed E-state index contributed by atoms with van der Waals surface area (Å²) in [6.07, 6.45) is 3.23. The van der Waals surface area contributed by atoms with Crippen LogP contribution in [0, 0.1) is 0 Å². The van der Waals surface area contributed by atoms with Crippen molar-refractivity contribution < 1.29 is 4.74 Å². The van der Waals surface area contributed by atoms with Gasteiger partial charge in [-0.25, -0.2) is 4.98 Å². The predicted octanol–water partition coefficient (Wildman–Crippen LogP) is 2.54. The third-order valence-electron chi connectivity index (χ3n) is 3.23. The molecule has 1 heterocycles. The van der Waals surface area contributed by atoms with E-state index in [1.165, 1.54) is 0 Å². The molecule has 0 saturated heterocycles. The van der Waals surface area contributed by atoms with E-state index in [0.717, 1.165) is 19.3 Å². The summed E-state index contributed by atoms with van der Waals surface area (Å²) in [4.78, 5) is 19.2. The topological polar surface area (TPSA) is 67.0 Å². The summed E-state index contributed by atoms with van der Waals surface area (Å²) in [5.74, 6) is 0.506. The van der Waals surface area contributed by atoms with E-state index in [0.29, 0.717) is 23.5 Å². The Labute approximate surface area is 118 Å². The van der Waals surface area contributed by atoms with Crippen molar-refractivity contribution in [3.63, 3.8) is 0 Å². The van der Waals surface area contributed by atoms with Crippen molar-refractivity contribution in [3.8, 4) is 0 Å². The van der Waals surface area contributed by atoms with Crippen LogP contribution in [-0.2, 0) is 4.74 Å². The molecule has 5 nitrogen and oxygen atoms in total. The highest BCUT2D eigenvalue weighted by molar-refractivity contribution is 5.78. The number of aromatic amines is 1. The fourth-order valence-corrected chi connectivity index (χ4v) is 2.20. The lowest BCUT2D eigenvalue weighted by Gasteiger charge is -2.18. The average Bonchev–Trinajstić information content (AvgIpc) is 2.45. The van der Waals surface area contributed by atoms with Gasteiger partial charge in [-0.15, -0.1) is 0 Å². The quantitative estimate of drug-likeness (QED) is 0.815. The van der Waals surface area contributed by atoms with Gasteiger partial charge in [0, 0.05) is 7.11 Å². The maximum absolute atomic E-state index is 12.0. The molecule has 0 saturated carbocycles. The molecule has 2 rings (SSSR count). The van der Waals surface area contributed by atoms with E-state index < -0.39 is 0 Å². The Bertz CT molecular complexity index is 609. The van der Waals surface area contributed by atoms with Crippen LogP contribution < -0.4 is 10.9 Å². The summed E-state index contributed by atoms with van der Waals surface area (Å²) >= 11 is 0. The Morgan fingerprint density at radius 1 is 1.40 bits per heavy atom. The molecule has 0 aliphatic rings. The first-order valence-electron chi connectivity index (χ1n) is 6.99. The molecule has 0 radical (unpaired) electrons. The maximum atomic E-state index is 12.0. The first-order chi connectivity index (χ1) is 9.74. The number of rotatable bonds is 7. The summed E-state index contributed by atoms with van der Waals surface area (Å²) in [7, 11) is 1.68. The summed E-state index contributed by atoms with van der Waals surface area (Å²) < 4.78 is 5.21. The van der Waals surface area contributed by atoms with Crippen molar-refractivity contribution in [1.82, 2.24) is 9.97 Å².